The molecule has 0 spiro atoms. The molecule has 3 aromatic rings. The van der Waals surface area contributed by atoms with Gasteiger partial charge in [0.15, 0.2) is 0 Å². The van der Waals surface area contributed by atoms with Crippen molar-refractivity contribution in [2.75, 3.05) is 11.9 Å². The standard InChI is InChI=1S/C27H23FN2O5/c1-2-8-23(26(32)33)29-25(31)20-13-7-14-22(28)24(20)30-27(34)35-15-21-18-11-5-3-9-16(18)17-10-4-6-12-19(17)21/h2-7,9-14,21,23H,1,8,15H2,(H,29,31)(H,30,34)(H,32,33). The van der Waals surface area contributed by atoms with Crippen molar-refractivity contribution < 1.29 is 28.6 Å². The molecule has 0 bridgehead atoms. The SMILES string of the molecule is C=CCC(NC(=O)c1cccc(F)c1NC(=O)OCC1c2ccccc2-c2ccccc21)C(=O)O. The van der Waals surface area contributed by atoms with E-state index in [1.165, 1.54) is 18.2 Å². The first-order valence-corrected chi connectivity index (χ1v) is 11.0. The number of anilines is 1. The molecule has 7 nitrogen and oxygen atoms in total. The molecule has 3 N–H and O–H groups in total. The van der Waals surface area contributed by atoms with Crippen LogP contribution < -0.4 is 10.6 Å². The number of aliphatic carboxylic acids is 1. The van der Waals surface area contributed by atoms with Crippen molar-refractivity contribution in [3.63, 3.8) is 0 Å². The van der Waals surface area contributed by atoms with Crippen molar-refractivity contribution in [3.05, 3.63) is 102 Å². The average molecular weight is 474 g/mol. The molecule has 0 heterocycles. The van der Waals surface area contributed by atoms with Gasteiger partial charge in [0.05, 0.1) is 11.3 Å². The maximum Gasteiger partial charge on any atom is 0.411 e. The third-order valence-electron chi connectivity index (χ3n) is 5.83. The number of carboxylic acids is 1. The largest absolute Gasteiger partial charge is 0.480 e. The van der Waals surface area contributed by atoms with Gasteiger partial charge in [-0.3, -0.25) is 10.1 Å². The van der Waals surface area contributed by atoms with Crippen LogP contribution in [0.5, 0.6) is 0 Å². The second-order valence-corrected chi connectivity index (χ2v) is 8.00. The van der Waals surface area contributed by atoms with Crippen molar-refractivity contribution >= 4 is 23.7 Å². The van der Waals surface area contributed by atoms with E-state index in [1.54, 1.807) is 0 Å². The Morgan fingerprint density at radius 1 is 1.00 bits per heavy atom. The lowest BCUT2D eigenvalue weighted by molar-refractivity contribution is -0.139. The summed E-state index contributed by atoms with van der Waals surface area (Å²) in [5.74, 6) is -3.16. The van der Waals surface area contributed by atoms with Crippen molar-refractivity contribution in [1.29, 1.82) is 0 Å². The van der Waals surface area contributed by atoms with Gasteiger partial charge < -0.3 is 15.2 Å². The fraction of sp³-hybridized carbons (Fsp3) is 0.148. The number of carbonyl (C=O) groups is 3. The molecule has 0 aliphatic heterocycles. The molecule has 178 valence electrons. The summed E-state index contributed by atoms with van der Waals surface area (Å²) in [5.41, 5.74) is 3.55. The monoisotopic (exact) mass is 474 g/mol. The predicted molar refractivity (Wildman–Crippen MR) is 129 cm³/mol. The van der Waals surface area contributed by atoms with Crippen LogP contribution in [0.25, 0.3) is 11.1 Å². The number of hydrogen-bond donors (Lipinski definition) is 3. The van der Waals surface area contributed by atoms with Gasteiger partial charge in [-0.1, -0.05) is 60.7 Å². The quantitative estimate of drug-likeness (QED) is 0.401. The molecule has 0 aromatic heterocycles. The predicted octanol–water partition coefficient (Wildman–Crippen LogP) is 4.95. The van der Waals surface area contributed by atoms with Crippen LogP contribution in [0, 0.1) is 5.82 Å². The molecule has 1 aliphatic carbocycles. The van der Waals surface area contributed by atoms with Crippen LogP contribution >= 0.6 is 0 Å². The zero-order chi connectivity index (χ0) is 24.9. The van der Waals surface area contributed by atoms with E-state index >= 15 is 0 Å². The van der Waals surface area contributed by atoms with Gasteiger partial charge >= 0.3 is 12.1 Å². The highest BCUT2D eigenvalue weighted by Crippen LogP contribution is 2.44. The number of benzene rings is 3. The summed E-state index contributed by atoms with van der Waals surface area (Å²) in [7, 11) is 0. The molecular weight excluding hydrogens is 451 g/mol. The van der Waals surface area contributed by atoms with E-state index in [0.29, 0.717) is 0 Å². The van der Waals surface area contributed by atoms with E-state index in [0.717, 1.165) is 28.3 Å². The summed E-state index contributed by atoms with van der Waals surface area (Å²) in [5, 5.41) is 13.9. The number of halogens is 1. The molecule has 1 aliphatic rings. The normalized spacial score (nSPS) is 12.7. The van der Waals surface area contributed by atoms with Crippen LogP contribution in [0.2, 0.25) is 0 Å². The summed E-state index contributed by atoms with van der Waals surface area (Å²) in [4.78, 5) is 36.6. The van der Waals surface area contributed by atoms with Crippen molar-refractivity contribution in [1.82, 2.24) is 5.32 Å². The lowest BCUT2D eigenvalue weighted by Gasteiger charge is -2.17. The molecule has 8 heteroatoms. The minimum absolute atomic E-state index is 0.0102. The van der Waals surface area contributed by atoms with E-state index in [9.17, 15) is 23.9 Å². The van der Waals surface area contributed by atoms with Crippen molar-refractivity contribution in [3.8, 4) is 11.1 Å². The summed E-state index contributed by atoms with van der Waals surface area (Å²) in [6, 6.07) is 18.1. The topological polar surface area (TPSA) is 105 Å². The zero-order valence-corrected chi connectivity index (χ0v) is 18.7. The molecule has 0 saturated carbocycles. The number of hydrogen-bond acceptors (Lipinski definition) is 4. The van der Waals surface area contributed by atoms with E-state index in [2.05, 4.69) is 17.2 Å². The molecule has 4 rings (SSSR count). The average Bonchev–Trinajstić information content (AvgIpc) is 3.17. The van der Waals surface area contributed by atoms with Crippen LogP contribution in [0.4, 0.5) is 14.9 Å². The first-order chi connectivity index (χ1) is 16.9. The zero-order valence-electron chi connectivity index (χ0n) is 18.7. The molecule has 1 atom stereocenters. The fourth-order valence-corrected chi connectivity index (χ4v) is 4.20. The Balaban J connectivity index is 1.49. The highest BCUT2D eigenvalue weighted by atomic mass is 19.1. The number of nitrogens with one attached hydrogen (secondary N) is 2. The van der Waals surface area contributed by atoms with Gasteiger partial charge in [0.1, 0.15) is 18.5 Å². The second-order valence-electron chi connectivity index (χ2n) is 8.00. The van der Waals surface area contributed by atoms with Gasteiger partial charge in [-0.05, 0) is 40.8 Å². The van der Waals surface area contributed by atoms with Gasteiger partial charge in [0.25, 0.3) is 5.91 Å². The number of carbonyl (C=O) groups excluding carboxylic acids is 2. The number of fused-ring (bicyclic) bond motifs is 3. The van der Waals surface area contributed by atoms with E-state index < -0.39 is 35.5 Å². The summed E-state index contributed by atoms with van der Waals surface area (Å²) in [6.07, 6.45) is 0.387. The molecule has 0 radical (unpaired) electrons. The van der Waals surface area contributed by atoms with Crippen LogP contribution in [-0.2, 0) is 9.53 Å². The minimum Gasteiger partial charge on any atom is -0.480 e. The van der Waals surface area contributed by atoms with Gasteiger partial charge in [-0.25, -0.2) is 14.0 Å². The van der Waals surface area contributed by atoms with Crippen LogP contribution in [0.15, 0.2) is 79.4 Å². The Bertz CT molecular complexity index is 1260. The number of rotatable bonds is 8. The van der Waals surface area contributed by atoms with Crippen LogP contribution in [0.3, 0.4) is 0 Å². The molecule has 2 amide bonds. The number of para-hydroxylation sites is 1. The third kappa shape index (κ3) is 4.91. The van der Waals surface area contributed by atoms with Crippen LogP contribution in [-0.4, -0.2) is 35.7 Å². The van der Waals surface area contributed by atoms with Crippen molar-refractivity contribution in [2.24, 2.45) is 0 Å². The van der Waals surface area contributed by atoms with Crippen molar-refractivity contribution in [2.45, 2.75) is 18.4 Å². The van der Waals surface area contributed by atoms with E-state index in [-0.39, 0.29) is 24.5 Å². The van der Waals surface area contributed by atoms with Gasteiger partial charge in [0.2, 0.25) is 0 Å². The van der Waals surface area contributed by atoms with E-state index in [1.807, 2.05) is 48.5 Å². The maximum atomic E-state index is 14.6. The van der Waals surface area contributed by atoms with Gasteiger partial charge in [-0.15, -0.1) is 6.58 Å². The lowest BCUT2D eigenvalue weighted by Crippen LogP contribution is -2.40. The fourth-order valence-electron chi connectivity index (χ4n) is 4.20. The first kappa shape index (κ1) is 23.7. The summed E-state index contributed by atoms with van der Waals surface area (Å²) < 4.78 is 20.0. The maximum absolute atomic E-state index is 14.6. The van der Waals surface area contributed by atoms with E-state index in [4.69, 9.17) is 4.74 Å². The Hall–Kier alpha value is -4.46. The minimum atomic E-state index is -1.26. The molecular formula is C27H23FN2O5. The summed E-state index contributed by atoms with van der Waals surface area (Å²) in [6.45, 7) is 3.48. The van der Waals surface area contributed by atoms with Crippen LogP contribution in [0.1, 0.15) is 33.8 Å². The first-order valence-electron chi connectivity index (χ1n) is 11.0. The highest BCUT2D eigenvalue weighted by Gasteiger charge is 2.29. The molecule has 35 heavy (non-hydrogen) atoms. The molecule has 0 fully saturated rings. The smallest absolute Gasteiger partial charge is 0.411 e. The molecule has 3 aromatic carbocycles. The Kier molecular flexibility index (Phi) is 6.91. The number of ether oxygens (including phenoxy) is 1. The lowest BCUT2D eigenvalue weighted by atomic mass is 9.98. The summed E-state index contributed by atoms with van der Waals surface area (Å²) >= 11 is 0. The molecule has 1 unspecified atom stereocenters. The molecule has 0 saturated heterocycles. The Labute approximate surface area is 201 Å². The number of amides is 2. The second kappa shape index (κ2) is 10.2. The van der Waals surface area contributed by atoms with Gasteiger partial charge in [0, 0.05) is 5.92 Å². The Morgan fingerprint density at radius 2 is 1.63 bits per heavy atom. The highest BCUT2D eigenvalue weighted by molar-refractivity contribution is 6.04. The third-order valence-corrected chi connectivity index (χ3v) is 5.83. The van der Waals surface area contributed by atoms with Gasteiger partial charge in [-0.2, -0.15) is 0 Å². The number of carboxylic acid groups (broad SMARTS) is 1. The Morgan fingerprint density at radius 3 is 2.23 bits per heavy atom.